The molecule has 96 valence electrons. The number of amides is 2. The van der Waals surface area contributed by atoms with Crippen LogP contribution in [0, 0.1) is 0 Å². The highest BCUT2D eigenvalue weighted by Crippen LogP contribution is 2.23. The summed E-state index contributed by atoms with van der Waals surface area (Å²) in [5.41, 5.74) is 5.17. The van der Waals surface area contributed by atoms with Gasteiger partial charge in [-0.15, -0.1) is 0 Å². The maximum absolute atomic E-state index is 11.3. The number of carbonyl (C=O) groups is 2. The Morgan fingerprint density at radius 3 is 2.67 bits per heavy atom. The van der Waals surface area contributed by atoms with Crippen molar-refractivity contribution in [3.8, 4) is 5.75 Å². The van der Waals surface area contributed by atoms with Crippen LogP contribution in [-0.4, -0.2) is 18.9 Å². The number of rotatable bonds is 3. The van der Waals surface area contributed by atoms with Gasteiger partial charge in [0, 0.05) is 23.0 Å². The molecule has 0 aliphatic heterocycles. The fourth-order valence-electron chi connectivity index (χ4n) is 1.19. The molecule has 5 nitrogen and oxygen atoms in total. The minimum Gasteiger partial charge on any atom is -0.496 e. The summed E-state index contributed by atoms with van der Waals surface area (Å²) in [6, 6.07) is 5.45. The highest BCUT2D eigenvalue weighted by Gasteiger charge is 2.01. The van der Waals surface area contributed by atoms with Crippen molar-refractivity contribution < 1.29 is 14.3 Å². The lowest BCUT2D eigenvalue weighted by atomic mass is 10.2. The third-order valence-electron chi connectivity index (χ3n) is 1.97. The predicted octanol–water partition coefficient (Wildman–Crippen LogP) is 1.64. The molecule has 0 aliphatic carbocycles. The highest BCUT2D eigenvalue weighted by molar-refractivity contribution is 9.10. The van der Waals surface area contributed by atoms with Crippen LogP contribution in [0.3, 0.4) is 0 Å². The molecular formula is C12H13BrN2O3. The summed E-state index contributed by atoms with van der Waals surface area (Å²) < 4.78 is 6.04. The van der Waals surface area contributed by atoms with Crippen LogP contribution in [0.25, 0.3) is 6.08 Å². The summed E-state index contributed by atoms with van der Waals surface area (Å²) in [6.07, 6.45) is 2.90. The van der Waals surface area contributed by atoms with Gasteiger partial charge in [-0.2, -0.15) is 0 Å². The van der Waals surface area contributed by atoms with Gasteiger partial charge in [0.05, 0.1) is 7.11 Å². The van der Waals surface area contributed by atoms with E-state index in [1.165, 1.54) is 13.0 Å². The van der Waals surface area contributed by atoms with Gasteiger partial charge in [-0.25, -0.2) is 0 Å². The quantitative estimate of drug-likeness (QED) is 0.658. The van der Waals surface area contributed by atoms with Crippen LogP contribution < -0.4 is 15.6 Å². The summed E-state index contributed by atoms with van der Waals surface area (Å²) in [5, 5.41) is 0. The SMILES string of the molecule is COc1ccc(Br)cc1/C=C/C(=O)NNC(C)=O. The van der Waals surface area contributed by atoms with Gasteiger partial charge in [0.15, 0.2) is 0 Å². The smallest absolute Gasteiger partial charge is 0.262 e. The Labute approximate surface area is 113 Å². The van der Waals surface area contributed by atoms with Gasteiger partial charge in [-0.1, -0.05) is 15.9 Å². The van der Waals surface area contributed by atoms with Crippen LogP contribution in [-0.2, 0) is 9.59 Å². The van der Waals surface area contributed by atoms with Gasteiger partial charge in [-0.3, -0.25) is 20.4 Å². The molecule has 0 aliphatic rings. The first-order chi connectivity index (χ1) is 8.52. The van der Waals surface area contributed by atoms with E-state index in [-0.39, 0.29) is 5.91 Å². The molecule has 0 radical (unpaired) electrons. The van der Waals surface area contributed by atoms with Gasteiger partial charge in [0.25, 0.3) is 5.91 Å². The molecule has 0 heterocycles. The number of methoxy groups -OCH3 is 1. The monoisotopic (exact) mass is 312 g/mol. The van der Waals surface area contributed by atoms with E-state index in [0.29, 0.717) is 5.75 Å². The van der Waals surface area contributed by atoms with Gasteiger partial charge in [-0.05, 0) is 24.3 Å². The zero-order chi connectivity index (χ0) is 13.5. The first kappa shape index (κ1) is 14.2. The average Bonchev–Trinajstić information content (AvgIpc) is 2.34. The zero-order valence-corrected chi connectivity index (χ0v) is 11.6. The third kappa shape index (κ3) is 4.58. The molecule has 0 aromatic heterocycles. The number of ether oxygens (including phenoxy) is 1. The maximum Gasteiger partial charge on any atom is 0.262 e. The number of hydrogen-bond donors (Lipinski definition) is 2. The molecule has 0 spiro atoms. The lowest BCUT2D eigenvalue weighted by Gasteiger charge is -2.05. The topological polar surface area (TPSA) is 67.4 Å². The normalized spacial score (nSPS) is 10.2. The van der Waals surface area contributed by atoms with E-state index in [0.717, 1.165) is 10.0 Å². The van der Waals surface area contributed by atoms with Gasteiger partial charge < -0.3 is 4.74 Å². The van der Waals surface area contributed by atoms with Crippen molar-refractivity contribution in [3.63, 3.8) is 0 Å². The van der Waals surface area contributed by atoms with Crippen LogP contribution in [0.2, 0.25) is 0 Å². The first-order valence-corrected chi connectivity index (χ1v) is 5.90. The fraction of sp³-hybridized carbons (Fsp3) is 0.167. The van der Waals surface area contributed by atoms with E-state index < -0.39 is 5.91 Å². The standard InChI is InChI=1S/C12H13BrN2O3/c1-8(16)14-15-12(17)6-3-9-7-10(13)4-5-11(9)18-2/h3-7H,1-2H3,(H,14,16)(H,15,17)/b6-3+. The Morgan fingerprint density at radius 2 is 2.06 bits per heavy atom. The third-order valence-corrected chi connectivity index (χ3v) is 2.46. The Bertz CT molecular complexity index is 486. The van der Waals surface area contributed by atoms with E-state index in [2.05, 4.69) is 26.8 Å². The molecule has 6 heteroatoms. The van der Waals surface area contributed by atoms with E-state index in [4.69, 9.17) is 4.74 Å². The number of hydrogen-bond acceptors (Lipinski definition) is 3. The molecule has 1 aromatic rings. The Morgan fingerprint density at radius 1 is 1.33 bits per heavy atom. The average molecular weight is 313 g/mol. The molecule has 1 aromatic carbocycles. The summed E-state index contributed by atoms with van der Waals surface area (Å²) in [7, 11) is 1.55. The van der Waals surface area contributed by atoms with Crippen LogP contribution in [0.1, 0.15) is 12.5 Å². The van der Waals surface area contributed by atoms with Crippen LogP contribution in [0.15, 0.2) is 28.7 Å². The molecule has 0 fully saturated rings. The minimum atomic E-state index is -0.424. The van der Waals surface area contributed by atoms with Gasteiger partial charge >= 0.3 is 0 Å². The molecule has 0 saturated heterocycles. The second-order valence-electron chi connectivity index (χ2n) is 3.39. The lowest BCUT2D eigenvalue weighted by Crippen LogP contribution is -2.39. The number of hydrazine groups is 1. The highest BCUT2D eigenvalue weighted by atomic mass is 79.9. The summed E-state index contributed by atoms with van der Waals surface area (Å²) in [6.45, 7) is 1.31. The number of nitrogens with one attached hydrogen (secondary N) is 2. The largest absolute Gasteiger partial charge is 0.496 e. The second-order valence-corrected chi connectivity index (χ2v) is 4.31. The van der Waals surface area contributed by atoms with E-state index >= 15 is 0 Å². The Balaban J connectivity index is 2.74. The van der Waals surface area contributed by atoms with Crippen LogP contribution in [0.4, 0.5) is 0 Å². The van der Waals surface area contributed by atoms with Crippen molar-refractivity contribution >= 4 is 33.8 Å². The molecule has 0 bridgehead atoms. The van der Waals surface area contributed by atoms with Crippen molar-refractivity contribution in [1.82, 2.24) is 10.9 Å². The molecule has 0 unspecified atom stereocenters. The molecular weight excluding hydrogens is 300 g/mol. The van der Waals surface area contributed by atoms with Gasteiger partial charge in [0.1, 0.15) is 5.75 Å². The van der Waals surface area contributed by atoms with Crippen LogP contribution >= 0.6 is 15.9 Å². The van der Waals surface area contributed by atoms with Crippen molar-refractivity contribution in [2.45, 2.75) is 6.92 Å². The van der Waals surface area contributed by atoms with E-state index in [9.17, 15) is 9.59 Å². The fourth-order valence-corrected chi connectivity index (χ4v) is 1.57. The molecule has 0 saturated carbocycles. The molecule has 2 amide bonds. The van der Waals surface area contributed by atoms with Crippen molar-refractivity contribution in [2.24, 2.45) is 0 Å². The Hall–Kier alpha value is -1.82. The van der Waals surface area contributed by atoms with Crippen LogP contribution in [0.5, 0.6) is 5.75 Å². The molecule has 1 rings (SSSR count). The van der Waals surface area contributed by atoms with Gasteiger partial charge in [0.2, 0.25) is 5.91 Å². The molecule has 0 atom stereocenters. The number of benzene rings is 1. The zero-order valence-electron chi connectivity index (χ0n) is 9.99. The maximum atomic E-state index is 11.3. The van der Waals surface area contributed by atoms with Crippen molar-refractivity contribution in [2.75, 3.05) is 7.11 Å². The summed E-state index contributed by atoms with van der Waals surface area (Å²) in [4.78, 5) is 21.9. The van der Waals surface area contributed by atoms with E-state index in [1.54, 1.807) is 19.3 Å². The Kier molecular flexibility index (Phi) is 5.38. The lowest BCUT2D eigenvalue weighted by molar-refractivity contribution is -0.125. The van der Waals surface area contributed by atoms with Crippen molar-refractivity contribution in [3.05, 3.63) is 34.3 Å². The summed E-state index contributed by atoms with van der Waals surface area (Å²) >= 11 is 3.34. The molecule has 18 heavy (non-hydrogen) atoms. The predicted molar refractivity (Wildman–Crippen MR) is 71.7 cm³/mol. The summed E-state index contributed by atoms with van der Waals surface area (Å²) in [5.74, 6) is -0.106. The van der Waals surface area contributed by atoms with Crippen molar-refractivity contribution in [1.29, 1.82) is 0 Å². The number of halogens is 1. The second kappa shape index (κ2) is 6.80. The minimum absolute atomic E-state index is 0.336. The van der Waals surface area contributed by atoms with E-state index in [1.807, 2.05) is 12.1 Å². The number of carbonyl (C=O) groups excluding carboxylic acids is 2. The molecule has 2 N–H and O–H groups in total. The first-order valence-electron chi connectivity index (χ1n) is 5.11.